The quantitative estimate of drug-likeness (QED) is 0.807. The Hall–Kier alpha value is -1.12. The molecule has 1 fully saturated rings. The highest BCUT2D eigenvalue weighted by Gasteiger charge is 2.27. The predicted molar refractivity (Wildman–Crippen MR) is 88.0 cm³/mol. The van der Waals surface area contributed by atoms with Crippen molar-refractivity contribution < 1.29 is 0 Å². The summed E-state index contributed by atoms with van der Waals surface area (Å²) in [4.78, 5) is 1.44. The monoisotopic (exact) mass is 285 g/mol. The molecule has 0 saturated heterocycles. The summed E-state index contributed by atoms with van der Waals surface area (Å²) >= 11 is 1.86. The SMILES string of the molecule is CC1(CNCc2cc(-c3ccccc3)cs2)CCCC1. The fourth-order valence-corrected chi connectivity index (χ4v) is 4.01. The molecule has 1 aliphatic carbocycles. The molecule has 1 nitrogen and oxygen atoms in total. The summed E-state index contributed by atoms with van der Waals surface area (Å²) in [5.41, 5.74) is 3.21. The smallest absolute Gasteiger partial charge is 0.0300 e. The van der Waals surface area contributed by atoms with Gasteiger partial charge in [0.2, 0.25) is 0 Å². The molecular weight excluding hydrogens is 262 g/mol. The second kappa shape index (κ2) is 6.11. The lowest BCUT2D eigenvalue weighted by molar-refractivity contribution is 0.315. The normalized spacial score (nSPS) is 17.4. The van der Waals surface area contributed by atoms with Gasteiger partial charge in [0.05, 0.1) is 0 Å². The topological polar surface area (TPSA) is 12.0 Å². The molecule has 0 spiro atoms. The Morgan fingerprint density at radius 3 is 2.60 bits per heavy atom. The van der Waals surface area contributed by atoms with Crippen LogP contribution in [0.1, 0.15) is 37.5 Å². The van der Waals surface area contributed by atoms with Gasteiger partial charge in [-0.15, -0.1) is 11.3 Å². The van der Waals surface area contributed by atoms with E-state index in [2.05, 4.69) is 54.0 Å². The van der Waals surface area contributed by atoms with Crippen LogP contribution in [0.2, 0.25) is 0 Å². The highest BCUT2D eigenvalue weighted by Crippen LogP contribution is 2.36. The third-order valence-electron chi connectivity index (χ3n) is 4.42. The van der Waals surface area contributed by atoms with E-state index in [9.17, 15) is 0 Å². The Labute approximate surface area is 126 Å². The molecule has 1 aromatic carbocycles. The first-order valence-corrected chi connectivity index (χ1v) is 8.47. The zero-order valence-corrected chi connectivity index (χ0v) is 13.0. The van der Waals surface area contributed by atoms with Crippen LogP contribution in [0.25, 0.3) is 11.1 Å². The van der Waals surface area contributed by atoms with Crippen LogP contribution in [0.5, 0.6) is 0 Å². The largest absolute Gasteiger partial charge is 0.311 e. The van der Waals surface area contributed by atoms with Gasteiger partial charge in [-0.1, -0.05) is 50.1 Å². The van der Waals surface area contributed by atoms with Crippen molar-refractivity contribution in [3.8, 4) is 11.1 Å². The highest BCUT2D eigenvalue weighted by atomic mass is 32.1. The van der Waals surface area contributed by atoms with Crippen LogP contribution in [0, 0.1) is 5.41 Å². The van der Waals surface area contributed by atoms with Gasteiger partial charge < -0.3 is 5.32 Å². The molecule has 1 N–H and O–H groups in total. The Balaban J connectivity index is 1.55. The van der Waals surface area contributed by atoms with Crippen LogP contribution in [-0.2, 0) is 6.54 Å². The minimum Gasteiger partial charge on any atom is -0.311 e. The van der Waals surface area contributed by atoms with Crippen LogP contribution in [0.15, 0.2) is 41.8 Å². The molecule has 0 unspecified atom stereocenters. The number of hydrogen-bond acceptors (Lipinski definition) is 2. The third-order valence-corrected chi connectivity index (χ3v) is 5.36. The van der Waals surface area contributed by atoms with Crippen molar-refractivity contribution in [3.63, 3.8) is 0 Å². The van der Waals surface area contributed by atoms with E-state index in [1.807, 2.05) is 11.3 Å². The van der Waals surface area contributed by atoms with Gasteiger partial charge in [-0.05, 0) is 40.8 Å². The Morgan fingerprint density at radius 1 is 1.10 bits per heavy atom. The zero-order valence-electron chi connectivity index (χ0n) is 12.2. The molecule has 0 amide bonds. The zero-order chi connectivity index (χ0) is 13.8. The summed E-state index contributed by atoms with van der Waals surface area (Å²) < 4.78 is 0. The first-order valence-electron chi connectivity index (χ1n) is 7.59. The molecular formula is C18H23NS. The molecule has 0 aliphatic heterocycles. The number of benzene rings is 1. The van der Waals surface area contributed by atoms with Crippen LogP contribution in [-0.4, -0.2) is 6.54 Å². The fraction of sp³-hybridized carbons (Fsp3) is 0.444. The molecule has 2 heteroatoms. The Bertz CT molecular complexity index is 538. The van der Waals surface area contributed by atoms with Gasteiger partial charge in [-0.25, -0.2) is 0 Å². The van der Waals surface area contributed by atoms with Crippen LogP contribution < -0.4 is 5.32 Å². The maximum absolute atomic E-state index is 3.66. The second-order valence-corrected chi connectivity index (χ2v) is 7.28. The van der Waals surface area contributed by atoms with E-state index in [-0.39, 0.29) is 0 Å². The lowest BCUT2D eigenvalue weighted by Gasteiger charge is -2.23. The molecule has 3 rings (SSSR count). The van der Waals surface area contributed by atoms with Crippen LogP contribution in [0.3, 0.4) is 0 Å². The van der Waals surface area contributed by atoms with Crippen LogP contribution >= 0.6 is 11.3 Å². The maximum atomic E-state index is 3.66. The van der Waals surface area contributed by atoms with Gasteiger partial charge in [0.15, 0.2) is 0 Å². The Kier molecular flexibility index (Phi) is 4.23. The number of hydrogen-bond donors (Lipinski definition) is 1. The van der Waals surface area contributed by atoms with Gasteiger partial charge in [-0.3, -0.25) is 0 Å². The van der Waals surface area contributed by atoms with E-state index in [4.69, 9.17) is 0 Å². The first-order chi connectivity index (χ1) is 9.75. The fourth-order valence-electron chi connectivity index (χ4n) is 3.15. The molecule has 0 bridgehead atoms. The van der Waals surface area contributed by atoms with Crippen molar-refractivity contribution in [2.45, 2.75) is 39.2 Å². The minimum absolute atomic E-state index is 0.541. The van der Waals surface area contributed by atoms with Crippen LogP contribution in [0.4, 0.5) is 0 Å². The van der Waals surface area contributed by atoms with E-state index in [1.165, 1.54) is 41.7 Å². The van der Waals surface area contributed by atoms with E-state index < -0.39 is 0 Å². The molecule has 2 aromatic rings. The molecule has 0 atom stereocenters. The molecule has 1 saturated carbocycles. The van der Waals surface area contributed by atoms with Crippen molar-refractivity contribution in [3.05, 3.63) is 46.7 Å². The summed E-state index contributed by atoms with van der Waals surface area (Å²) in [5.74, 6) is 0. The van der Waals surface area contributed by atoms with Gasteiger partial charge in [0.25, 0.3) is 0 Å². The van der Waals surface area contributed by atoms with E-state index in [0.29, 0.717) is 5.41 Å². The lowest BCUT2D eigenvalue weighted by Crippen LogP contribution is -2.28. The van der Waals surface area contributed by atoms with Crippen molar-refractivity contribution in [1.29, 1.82) is 0 Å². The van der Waals surface area contributed by atoms with Crippen molar-refractivity contribution >= 4 is 11.3 Å². The summed E-state index contributed by atoms with van der Waals surface area (Å²) in [6.45, 7) is 4.59. The van der Waals surface area contributed by atoms with Crippen molar-refractivity contribution in [2.24, 2.45) is 5.41 Å². The molecule has 20 heavy (non-hydrogen) atoms. The summed E-state index contributed by atoms with van der Waals surface area (Å²) in [5, 5.41) is 5.93. The molecule has 1 aliphatic rings. The highest BCUT2D eigenvalue weighted by molar-refractivity contribution is 7.10. The molecule has 1 aromatic heterocycles. The number of rotatable bonds is 5. The number of thiophene rings is 1. The molecule has 1 heterocycles. The molecule has 0 radical (unpaired) electrons. The lowest BCUT2D eigenvalue weighted by atomic mass is 9.89. The van der Waals surface area contributed by atoms with Gasteiger partial charge in [-0.2, -0.15) is 0 Å². The van der Waals surface area contributed by atoms with Gasteiger partial charge >= 0.3 is 0 Å². The Morgan fingerprint density at radius 2 is 1.85 bits per heavy atom. The second-order valence-electron chi connectivity index (χ2n) is 6.29. The maximum Gasteiger partial charge on any atom is 0.0300 e. The van der Waals surface area contributed by atoms with Gasteiger partial charge in [0.1, 0.15) is 0 Å². The van der Waals surface area contributed by atoms with E-state index in [0.717, 1.165) is 13.1 Å². The third kappa shape index (κ3) is 3.31. The number of nitrogens with one attached hydrogen (secondary N) is 1. The first kappa shape index (κ1) is 13.8. The summed E-state index contributed by atoms with van der Waals surface area (Å²) in [7, 11) is 0. The predicted octanol–water partition coefficient (Wildman–Crippen LogP) is 5.09. The summed E-state index contributed by atoms with van der Waals surface area (Å²) in [6.07, 6.45) is 5.60. The van der Waals surface area contributed by atoms with Crippen molar-refractivity contribution in [2.75, 3.05) is 6.54 Å². The minimum atomic E-state index is 0.541. The molecule has 106 valence electrons. The van der Waals surface area contributed by atoms with Gasteiger partial charge in [0, 0.05) is 18.0 Å². The average Bonchev–Trinajstić information content (AvgIpc) is 3.10. The van der Waals surface area contributed by atoms with E-state index in [1.54, 1.807) is 0 Å². The summed E-state index contributed by atoms with van der Waals surface area (Å²) in [6, 6.07) is 13.0. The van der Waals surface area contributed by atoms with Crippen molar-refractivity contribution in [1.82, 2.24) is 5.32 Å². The average molecular weight is 285 g/mol. The van der Waals surface area contributed by atoms with E-state index >= 15 is 0 Å². The standard InChI is InChI=1S/C18H23NS/c1-18(9-5-6-10-18)14-19-12-17-11-16(13-20-17)15-7-3-2-4-8-15/h2-4,7-8,11,13,19H,5-6,9-10,12,14H2,1H3.